The molecule has 2 fully saturated rings. The number of aromatic hydroxyl groups is 1. The highest BCUT2D eigenvalue weighted by molar-refractivity contribution is 6.43. The molecule has 1 aromatic carbocycles. The highest BCUT2D eigenvalue weighted by Gasteiger charge is 2.56. The normalized spacial score (nSPS) is 23.9. The topological polar surface area (TPSA) is 137 Å². The molecule has 2 saturated heterocycles. The number of nitrogens with zero attached hydrogens (tertiary/aromatic N) is 2. The number of aliphatic carboxylic acids is 1. The number of unbranched alkanes of at least 4 members (excludes halogenated alkanes) is 2. The number of phenolic OH excluding ortho intramolecular Hbond substituents is 1. The minimum absolute atomic E-state index is 0.0772. The predicted molar refractivity (Wildman–Crippen MR) is 162 cm³/mol. The number of amides is 2. The molecule has 0 unspecified atom stereocenters. The second-order valence-electron chi connectivity index (χ2n) is 11.7. The zero-order valence-corrected chi connectivity index (χ0v) is 24.5. The molecule has 2 aromatic rings. The molecule has 10 heteroatoms. The molecular formula is C33H39BN2O7. The van der Waals surface area contributed by atoms with E-state index in [1.165, 1.54) is 4.90 Å². The van der Waals surface area contributed by atoms with E-state index in [0.717, 1.165) is 34.4 Å². The second-order valence-corrected chi connectivity index (χ2v) is 11.7. The van der Waals surface area contributed by atoms with Crippen molar-refractivity contribution in [3.63, 3.8) is 0 Å². The zero-order chi connectivity index (χ0) is 30.5. The third kappa shape index (κ3) is 6.91. The van der Waals surface area contributed by atoms with Crippen molar-refractivity contribution >= 4 is 36.6 Å². The van der Waals surface area contributed by atoms with Gasteiger partial charge in [-0.05, 0) is 97.8 Å². The van der Waals surface area contributed by atoms with Crippen molar-refractivity contribution in [1.29, 1.82) is 0 Å². The van der Waals surface area contributed by atoms with E-state index in [-0.39, 0.29) is 36.2 Å². The number of carboxylic acid groups (broad SMARTS) is 1. The van der Waals surface area contributed by atoms with Gasteiger partial charge in [-0.25, -0.2) is 0 Å². The molecule has 3 aliphatic rings. The fourth-order valence-electron chi connectivity index (χ4n) is 7.00. The van der Waals surface area contributed by atoms with Crippen molar-refractivity contribution in [1.82, 2.24) is 9.88 Å². The number of imide groups is 1. The lowest BCUT2D eigenvalue weighted by Gasteiger charge is -2.43. The van der Waals surface area contributed by atoms with Gasteiger partial charge in [0.1, 0.15) is 5.75 Å². The summed E-state index contributed by atoms with van der Waals surface area (Å²) < 4.78 is 6.15. The van der Waals surface area contributed by atoms with Gasteiger partial charge in [0.2, 0.25) is 11.8 Å². The lowest BCUT2D eigenvalue weighted by Crippen LogP contribution is -2.46. The number of hydrogen-bond acceptors (Lipinski definition) is 7. The van der Waals surface area contributed by atoms with Crippen LogP contribution >= 0.6 is 0 Å². The van der Waals surface area contributed by atoms with Gasteiger partial charge in [-0.1, -0.05) is 37.1 Å². The van der Waals surface area contributed by atoms with Crippen molar-refractivity contribution in [2.24, 2.45) is 17.8 Å². The van der Waals surface area contributed by atoms with Crippen LogP contribution in [0.15, 0.2) is 59.8 Å². The molecule has 1 aliphatic carbocycles. The minimum Gasteiger partial charge on any atom is -0.508 e. The van der Waals surface area contributed by atoms with Crippen molar-refractivity contribution in [3.8, 4) is 5.75 Å². The summed E-state index contributed by atoms with van der Waals surface area (Å²) in [5, 5.41) is 29.5. The lowest BCUT2D eigenvalue weighted by atomic mass is 9.58. The molecule has 5 rings (SSSR count). The van der Waals surface area contributed by atoms with Crippen LogP contribution in [-0.2, 0) is 19.0 Å². The van der Waals surface area contributed by atoms with Gasteiger partial charge in [0, 0.05) is 19.2 Å². The van der Waals surface area contributed by atoms with Gasteiger partial charge in [-0.3, -0.25) is 24.3 Å². The Labute approximate surface area is 252 Å². The number of carboxylic acids is 1. The number of hydrogen-bond donors (Lipinski definition) is 3. The second kappa shape index (κ2) is 13.7. The van der Waals surface area contributed by atoms with Crippen LogP contribution in [0.1, 0.15) is 69.5 Å². The number of fused-ring (bicyclic) bond motifs is 3. The monoisotopic (exact) mass is 586 g/mol. The van der Waals surface area contributed by atoms with Gasteiger partial charge in [0.15, 0.2) is 0 Å². The summed E-state index contributed by atoms with van der Waals surface area (Å²) in [6.45, 7) is 2.36. The van der Waals surface area contributed by atoms with Gasteiger partial charge in [0.05, 0.1) is 23.6 Å². The minimum atomic E-state index is -1.04. The summed E-state index contributed by atoms with van der Waals surface area (Å²) in [7, 11) is -1.04. The standard InChI is InChI=1S/C33H39BN2O7/c1-2-22-19-25-31(33(41)36(32(25)40)17-7-3-4-9-29(38)39)26-20-34(42)43-28(30(22)26)15-12-23(27-8-5-6-16-35-27)18-21-10-13-24(37)14-11-21/h5-6,8,10-11,13-14,16,18,25-26,28,31,37,42H,2-4,7,9,12,15,17,19-20H2,1H3,(H,38,39)/b23-18-/t25-,26+,28-,31-/m1/s1. The van der Waals surface area contributed by atoms with Gasteiger partial charge in [0.25, 0.3) is 0 Å². The average Bonchev–Trinajstić information content (AvgIpc) is 3.24. The molecule has 0 bridgehead atoms. The maximum Gasteiger partial charge on any atom is 0.455 e. The maximum atomic E-state index is 13.7. The van der Waals surface area contributed by atoms with Gasteiger partial charge < -0.3 is 19.9 Å². The molecular weight excluding hydrogens is 547 g/mol. The summed E-state index contributed by atoms with van der Waals surface area (Å²) >= 11 is 0. The van der Waals surface area contributed by atoms with E-state index in [0.29, 0.717) is 45.1 Å². The number of benzene rings is 1. The molecule has 3 heterocycles. The van der Waals surface area contributed by atoms with Gasteiger partial charge >= 0.3 is 13.1 Å². The SMILES string of the molecule is CCC1=C2[C@@H](CC/C(=C/c3ccc(O)cc3)c3ccccn3)OB(O)C[C@@H]2[C@@H]2C(=O)N(CCCCCC(=O)O)C(=O)[C@@H]2C1. The molecule has 0 radical (unpaired) electrons. The Morgan fingerprint density at radius 2 is 1.86 bits per heavy atom. The van der Waals surface area contributed by atoms with Gasteiger partial charge in [-0.15, -0.1) is 0 Å². The molecule has 2 aliphatic heterocycles. The van der Waals surface area contributed by atoms with E-state index < -0.39 is 31.0 Å². The Balaban J connectivity index is 1.36. The average molecular weight is 586 g/mol. The molecule has 4 atom stereocenters. The highest BCUT2D eigenvalue weighted by atomic mass is 16.5. The Bertz CT molecular complexity index is 1390. The first-order chi connectivity index (χ1) is 20.8. The first-order valence-electron chi connectivity index (χ1n) is 15.3. The molecule has 226 valence electrons. The van der Waals surface area contributed by atoms with E-state index in [9.17, 15) is 24.5 Å². The Morgan fingerprint density at radius 1 is 1.07 bits per heavy atom. The summed E-state index contributed by atoms with van der Waals surface area (Å²) in [6.07, 6.45) is 7.89. The van der Waals surface area contributed by atoms with Crippen LogP contribution in [0.4, 0.5) is 0 Å². The Kier molecular flexibility index (Phi) is 9.77. The number of carbonyl (C=O) groups is 3. The van der Waals surface area contributed by atoms with E-state index >= 15 is 0 Å². The number of allylic oxidation sites excluding steroid dienone is 2. The summed E-state index contributed by atoms with van der Waals surface area (Å²) in [6, 6.07) is 12.7. The van der Waals surface area contributed by atoms with Gasteiger partial charge in [-0.2, -0.15) is 0 Å². The van der Waals surface area contributed by atoms with Crippen LogP contribution in [-0.4, -0.2) is 62.7 Å². The van der Waals surface area contributed by atoms with Crippen LogP contribution < -0.4 is 0 Å². The number of rotatable bonds is 12. The number of aromatic nitrogens is 1. The van der Waals surface area contributed by atoms with Crippen molar-refractivity contribution in [3.05, 3.63) is 71.1 Å². The quantitative estimate of drug-likeness (QED) is 0.137. The fourth-order valence-corrected chi connectivity index (χ4v) is 7.00. The van der Waals surface area contributed by atoms with Crippen LogP contribution in [0.5, 0.6) is 5.75 Å². The first-order valence-corrected chi connectivity index (χ1v) is 15.3. The van der Waals surface area contributed by atoms with Crippen LogP contribution in [0.25, 0.3) is 11.6 Å². The number of carbonyl (C=O) groups excluding carboxylic acids is 2. The molecule has 0 spiro atoms. The summed E-state index contributed by atoms with van der Waals surface area (Å²) in [5.74, 6) is -2.19. The smallest absolute Gasteiger partial charge is 0.455 e. The number of likely N-dealkylation sites (tertiary alicyclic amines) is 1. The van der Waals surface area contributed by atoms with Crippen molar-refractivity contribution < 1.29 is 34.3 Å². The zero-order valence-electron chi connectivity index (χ0n) is 24.5. The molecule has 2 amide bonds. The van der Waals surface area contributed by atoms with E-state index in [2.05, 4.69) is 11.9 Å². The number of phenols is 1. The fraction of sp³-hybridized carbons (Fsp3) is 0.455. The maximum absolute atomic E-state index is 13.7. The largest absolute Gasteiger partial charge is 0.508 e. The number of pyridine rings is 1. The van der Waals surface area contributed by atoms with Crippen LogP contribution in [0.3, 0.4) is 0 Å². The molecule has 9 nitrogen and oxygen atoms in total. The summed E-state index contributed by atoms with van der Waals surface area (Å²) in [4.78, 5) is 43.9. The lowest BCUT2D eigenvalue weighted by molar-refractivity contribution is -0.141. The van der Waals surface area contributed by atoms with E-state index in [1.807, 2.05) is 36.4 Å². The van der Waals surface area contributed by atoms with Crippen molar-refractivity contribution in [2.45, 2.75) is 70.7 Å². The predicted octanol–water partition coefficient (Wildman–Crippen LogP) is 4.96. The third-order valence-corrected chi connectivity index (χ3v) is 9.00. The Morgan fingerprint density at radius 3 is 2.56 bits per heavy atom. The highest BCUT2D eigenvalue weighted by Crippen LogP contribution is 2.51. The van der Waals surface area contributed by atoms with E-state index in [1.54, 1.807) is 18.3 Å². The van der Waals surface area contributed by atoms with E-state index in [4.69, 9.17) is 9.76 Å². The first kappa shape index (κ1) is 30.7. The molecule has 0 saturated carbocycles. The van der Waals surface area contributed by atoms with Crippen molar-refractivity contribution in [2.75, 3.05) is 6.54 Å². The van der Waals surface area contributed by atoms with Crippen LogP contribution in [0.2, 0.25) is 6.32 Å². The molecule has 3 N–H and O–H groups in total. The third-order valence-electron chi connectivity index (χ3n) is 9.00. The summed E-state index contributed by atoms with van der Waals surface area (Å²) in [5.41, 5.74) is 4.93. The molecule has 43 heavy (non-hydrogen) atoms. The van der Waals surface area contributed by atoms with Crippen LogP contribution in [0, 0.1) is 17.8 Å². The Hall–Kier alpha value is -3.76. The molecule has 1 aromatic heterocycles.